The van der Waals surface area contributed by atoms with Gasteiger partial charge in [0.25, 0.3) is 0 Å². The van der Waals surface area contributed by atoms with E-state index in [0.717, 1.165) is 30.5 Å². The Balaban J connectivity index is 1.64. The molecule has 2 aliphatic rings. The van der Waals surface area contributed by atoms with Gasteiger partial charge in [0.1, 0.15) is 0 Å². The monoisotopic (exact) mass is 328 g/mol. The van der Waals surface area contributed by atoms with Crippen LogP contribution in [0.2, 0.25) is 0 Å². The van der Waals surface area contributed by atoms with Crippen LogP contribution in [0.25, 0.3) is 0 Å². The van der Waals surface area contributed by atoms with Crippen molar-refractivity contribution in [3.63, 3.8) is 0 Å². The summed E-state index contributed by atoms with van der Waals surface area (Å²) in [5.41, 5.74) is 3.15. The number of carbonyl (C=O) groups is 2. The summed E-state index contributed by atoms with van der Waals surface area (Å²) in [6.07, 6.45) is 7.17. The zero-order valence-corrected chi connectivity index (χ0v) is 14.8. The predicted octanol–water partition coefficient (Wildman–Crippen LogP) is 3.68. The van der Waals surface area contributed by atoms with Gasteiger partial charge in [-0.3, -0.25) is 9.59 Å². The van der Waals surface area contributed by atoms with Crippen molar-refractivity contribution in [2.45, 2.75) is 64.8 Å². The van der Waals surface area contributed by atoms with Gasteiger partial charge in [-0.1, -0.05) is 38.3 Å². The Hall–Kier alpha value is -1.84. The molecule has 1 aliphatic heterocycles. The van der Waals surface area contributed by atoms with Gasteiger partial charge >= 0.3 is 0 Å². The summed E-state index contributed by atoms with van der Waals surface area (Å²) in [7, 11) is 0. The van der Waals surface area contributed by atoms with Crippen LogP contribution in [0.5, 0.6) is 0 Å². The van der Waals surface area contributed by atoms with Gasteiger partial charge in [-0.25, -0.2) is 0 Å². The summed E-state index contributed by atoms with van der Waals surface area (Å²) in [6.45, 7) is 4.69. The molecule has 4 heteroatoms. The molecule has 0 aromatic heterocycles. The second-order valence-corrected chi connectivity index (χ2v) is 7.23. The fourth-order valence-corrected chi connectivity index (χ4v) is 3.91. The Kier molecular flexibility index (Phi) is 5.22. The second-order valence-electron chi connectivity index (χ2n) is 7.23. The van der Waals surface area contributed by atoms with Gasteiger partial charge < -0.3 is 10.2 Å². The molecule has 0 radical (unpaired) electrons. The standard InChI is InChI=1S/C20H28N2O2/c1-3-15-10-9-14(2)18(11-15)21-20(24)16-12-19(23)22(13-16)17-7-5-4-6-8-17/h9-11,16-17H,3-8,12-13H2,1-2H3,(H,21,24). The molecule has 1 heterocycles. The molecule has 3 rings (SSSR count). The van der Waals surface area contributed by atoms with Crippen LogP contribution in [0.3, 0.4) is 0 Å². The van der Waals surface area contributed by atoms with Crippen molar-refractivity contribution in [2.75, 3.05) is 11.9 Å². The van der Waals surface area contributed by atoms with E-state index in [-0.39, 0.29) is 17.7 Å². The van der Waals surface area contributed by atoms with Crippen molar-refractivity contribution in [3.05, 3.63) is 29.3 Å². The summed E-state index contributed by atoms with van der Waals surface area (Å²) < 4.78 is 0. The molecule has 1 aromatic rings. The maximum atomic E-state index is 12.7. The van der Waals surface area contributed by atoms with Crippen LogP contribution < -0.4 is 5.32 Å². The Bertz CT molecular complexity index is 620. The van der Waals surface area contributed by atoms with Gasteiger partial charge in [0.2, 0.25) is 11.8 Å². The molecule has 0 spiro atoms. The highest BCUT2D eigenvalue weighted by molar-refractivity contribution is 5.97. The van der Waals surface area contributed by atoms with Gasteiger partial charge in [-0.05, 0) is 43.4 Å². The van der Waals surface area contributed by atoms with Crippen molar-refractivity contribution in [3.8, 4) is 0 Å². The summed E-state index contributed by atoms with van der Waals surface area (Å²) >= 11 is 0. The minimum absolute atomic E-state index is 0.0157. The topological polar surface area (TPSA) is 49.4 Å². The van der Waals surface area contributed by atoms with Crippen molar-refractivity contribution < 1.29 is 9.59 Å². The molecule has 1 N–H and O–H groups in total. The highest BCUT2D eigenvalue weighted by atomic mass is 16.2. The van der Waals surface area contributed by atoms with E-state index in [9.17, 15) is 9.59 Å². The maximum Gasteiger partial charge on any atom is 0.229 e. The smallest absolute Gasteiger partial charge is 0.229 e. The lowest BCUT2D eigenvalue weighted by molar-refractivity contribution is -0.130. The molecule has 4 nitrogen and oxygen atoms in total. The zero-order chi connectivity index (χ0) is 17.1. The van der Waals surface area contributed by atoms with Crippen LogP contribution in [-0.4, -0.2) is 29.3 Å². The van der Waals surface area contributed by atoms with E-state index in [0.29, 0.717) is 19.0 Å². The highest BCUT2D eigenvalue weighted by Gasteiger charge is 2.38. The average Bonchev–Trinajstić information content (AvgIpc) is 2.99. The third-order valence-corrected chi connectivity index (χ3v) is 5.51. The molecule has 2 fully saturated rings. The van der Waals surface area contributed by atoms with Crippen molar-refractivity contribution >= 4 is 17.5 Å². The minimum Gasteiger partial charge on any atom is -0.339 e. The van der Waals surface area contributed by atoms with Crippen LogP contribution in [0.1, 0.15) is 56.6 Å². The van der Waals surface area contributed by atoms with Gasteiger partial charge in [0.15, 0.2) is 0 Å². The molecule has 1 aromatic carbocycles. The number of nitrogens with one attached hydrogen (secondary N) is 1. The first-order valence-corrected chi connectivity index (χ1v) is 9.28. The lowest BCUT2D eigenvalue weighted by atomic mass is 9.94. The Labute approximate surface area is 144 Å². The molecular formula is C20H28N2O2. The quantitative estimate of drug-likeness (QED) is 0.916. The number of likely N-dealkylation sites (tertiary alicyclic amines) is 1. The van der Waals surface area contributed by atoms with Gasteiger partial charge in [0.05, 0.1) is 5.92 Å². The number of anilines is 1. The van der Waals surface area contributed by atoms with Crippen LogP contribution >= 0.6 is 0 Å². The lowest BCUT2D eigenvalue weighted by Crippen LogP contribution is -2.38. The number of aryl methyl sites for hydroxylation is 2. The summed E-state index contributed by atoms with van der Waals surface area (Å²) in [4.78, 5) is 27.0. The molecule has 1 aliphatic carbocycles. The molecule has 1 unspecified atom stereocenters. The predicted molar refractivity (Wildman–Crippen MR) is 95.9 cm³/mol. The van der Waals surface area contributed by atoms with E-state index in [1.807, 2.05) is 24.0 Å². The molecule has 130 valence electrons. The number of hydrogen-bond donors (Lipinski definition) is 1. The van der Waals surface area contributed by atoms with Crippen molar-refractivity contribution in [1.82, 2.24) is 4.90 Å². The number of amides is 2. The number of benzene rings is 1. The molecular weight excluding hydrogens is 300 g/mol. The van der Waals surface area contributed by atoms with Gasteiger partial charge in [-0.2, -0.15) is 0 Å². The second kappa shape index (κ2) is 7.37. The largest absolute Gasteiger partial charge is 0.339 e. The van der Waals surface area contributed by atoms with E-state index in [4.69, 9.17) is 0 Å². The number of rotatable bonds is 4. The SMILES string of the molecule is CCc1ccc(C)c(NC(=O)C2CC(=O)N(C3CCCCC3)C2)c1. The lowest BCUT2D eigenvalue weighted by Gasteiger charge is -2.31. The minimum atomic E-state index is -0.218. The third kappa shape index (κ3) is 3.63. The molecule has 2 amide bonds. The third-order valence-electron chi connectivity index (χ3n) is 5.51. The van der Waals surface area contributed by atoms with Crippen LogP contribution in [0, 0.1) is 12.8 Å². The number of nitrogens with zero attached hydrogens (tertiary/aromatic N) is 1. The Morgan fingerprint density at radius 3 is 2.71 bits per heavy atom. The highest BCUT2D eigenvalue weighted by Crippen LogP contribution is 2.29. The fourth-order valence-electron chi connectivity index (χ4n) is 3.91. The fraction of sp³-hybridized carbons (Fsp3) is 0.600. The van der Waals surface area contributed by atoms with E-state index in [1.165, 1.54) is 24.8 Å². The van der Waals surface area contributed by atoms with E-state index >= 15 is 0 Å². The molecule has 1 saturated heterocycles. The van der Waals surface area contributed by atoms with Crippen LogP contribution in [-0.2, 0) is 16.0 Å². The normalized spacial score (nSPS) is 22.0. The Morgan fingerprint density at radius 2 is 2.00 bits per heavy atom. The molecule has 1 atom stereocenters. The molecule has 0 bridgehead atoms. The summed E-state index contributed by atoms with van der Waals surface area (Å²) in [6, 6.07) is 6.54. The maximum absolute atomic E-state index is 12.7. The molecule has 1 saturated carbocycles. The van der Waals surface area contributed by atoms with Gasteiger partial charge in [0, 0.05) is 24.7 Å². The number of hydrogen-bond acceptors (Lipinski definition) is 2. The summed E-state index contributed by atoms with van der Waals surface area (Å²) in [5.74, 6) is -0.0804. The van der Waals surface area contributed by atoms with E-state index in [2.05, 4.69) is 18.3 Å². The first-order chi connectivity index (χ1) is 11.6. The first kappa shape index (κ1) is 17.0. The van der Waals surface area contributed by atoms with Crippen LogP contribution in [0.15, 0.2) is 18.2 Å². The van der Waals surface area contributed by atoms with Gasteiger partial charge in [-0.15, -0.1) is 0 Å². The average molecular weight is 328 g/mol. The Morgan fingerprint density at radius 1 is 1.25 bits per heavy atom. The zero-order valence-electron chi connectivity index (χ0n) is 14.8. The number of carbonyl (C=O) groups excluding carboxylic acids is 2. The van der Waals surface area contributed by atoms with Crippen molar-refractivity contribution in [1.29, 1.82) is 0 Å². The van der Waals surface area contributed by atoms with Crippen LogP contribution in [0.4, 0.5) is 5.69 Å². The van der Waals surface area contributed by atoms with E-state index < -0.39 is 0 Å². The first-order valence-electron chi connectivity index (χ1n) is 9.28. The summed E-state index contributed by atoms with van der Waals surface area (Å²) in [5, 5.41) is 3.05. The van der Waals surface area contributed by atoms with E-state index in [1.54, 1.807) is 0 Å². The van der Waals surface area contributed by atoms with Crippen molar-refractivity contribution in [2.24, 2.45) is 5.92 Å². The molecule has 24 heavy (non-hydrogen) atoms.